The first-order valence-corrected chi connectivity index (χ1v) is 5.24. The Labute approximate surface area is 99.9 Å². The third-order valence-electron chi connectivity index (χ3n) is 1.88. The molecule has 0 atom stereocenters. The van der Waals surface area contributed by atoms with Crippen molar-refractivity contribution in [1.82, 2.24) is 9.97 Å². The van der Waals surface area contributed by atoms with Crippen molar-refractivity contribution in [3.63, 3.8) is 0 Å². The number of nitrogens with zero attached hydrogens (tertiary/aromatic N) is 2. The van der Waals surface area contributed by atoms with Gasteiger partial charge in [-0.1, -0.05) is 15.9 Å². The normalized spacial score (nSPS) is 10.1. The molecule has 3 N–H and O–H groups in total. The van der Waals surface area contributed by atoms with E-state index in [1.165, 1.54) is 18.5 Å². The molecule has 0 bridgehead atoms. The van der Waals surface area contributed by atoms with Crippen molar-refractivity contribution in [3.8, 4) is 0 Å². The Hall–Kier alpha value is -1.69. The summed E-state index contributed by atoms with van der Waals surface area (Å²) in [5.41, 5.74) is 5.81. The van der Waals surface area contributed by atoms with E-state index >= 15 is 0 Å². The van der Waals surface area contributed by atoms with Crippen LogP contribution in [0.5, 0.6) is 0 Å². The van der Waals surface area contributed by atoms with Crippen molar-refractivity contribution in [1.29, 1.82) is 0 Å². The number of benzene rings is 1. The van der Waals surface area contributed by atoms with E-state index in [0.29, 0.717) is 17.3 Å². The largest absolute Gasteiger partial charge is 0.384 e. The molecule has 0 amide bonds. The maximum Gasteiger partial charge on any atom is 0.146 e. The van der Waals surface area contributed by atoms with Crippen LogP contribution < -0.4 is 11.1 Å². The number of hydrogen-bond acceptors (Lipinski definition) is 4. The highest BCUT2D eigenvalue weighted by Gasteiger charge is 2.04. The fourth-order valence-electron chi connectivity index (χ4n) is 1.17. The Morgan fingerprint density at radius 1 is 1.25 bits per heavy atom. The van der Waals surface area contributed by atoms with Crippen LogP contribution in [0.2, 0.25) is 0 Å². The Morgan fingerprint density at radius 3 is 2.81 bits per heavy atom. The lowest BCUT2D eigenvalue weighted by molar-refractivity contribution is 0.631. The maximum absolute atomic E-state index is 13.4. The van der Waals surface area contributed by atoms with Crippen LogP contribution in [0.1, 0.15) is 0 Å². The molecule has 0 aliphatic carbocycles. The minimum atomic E-state index is -0.361. The molecule has 2 aromatic rings. The third kappa shape index (κ3) is 2.46. The van der Waals surface area contributed by atoms with Crippen LogP contribution in [-0.4, -0.2) is 9.97 Å². The Morgan fingerprint density at radius 2 is 2.06 bits per heavy atom. The van der Waals surface area contributed by atoms with Gasteiger partial charge in [-0.3, -0.25) is 0 Å². The van der Waals surface area contributed by atoms with Crippen molar-refractivity contribution in [2.45, 2.75) is 0 Å². The fraction of sp³-hybridized carbons (Fsp3) is 0. The summed E-state index contributed by atoms with van der Waals surface area (Å²) < 4.78 is 14.2. The quantitative estimate of drug-likeness (QED) is 0.889. The molecular formula is C10H8BrFN4. The van der Waals surface area contributed by atoms with E-state index in [0.717, 1.165) is 4.47 Å². The van der Waals surface area contributed by atoms with Crippen LogP contribution in [0.4, 0.5) is 21.7 Å². The predicted octanol–water partition coefficient (Wildman–Crippen LogP) is 2.70. The topological polar surface area (TPSA) is 63.8 Å². The SMILES string of the molecule is Nc1cc(Nc2cc(Br)ccc2F)ncn1. The second-order valence-corrected chi connectivity index (χ2v) is 3.99. The van der Waals surface area contributed by atoms with E-state index in [1.807, 2.05) is 0 Å². The van der Waals surface area contributed by atoms with E-state index in [9.17, 15) is 4.39 Å². The van der Waals surface area contributed by atoms with Crippen LogP contribution in [0.15, 0.2) is 35.1 Å². The summed E-state index contributed by atoms with van der Waals surface area (Å²) in [4.78, 5) is 7.67. The molecule has 0 aliphatic heterocycles. The third-order valence-corrected chi connectivity index (χ3v) is 2.37. The van der Waals surface area contributed by atoms with E-state index in [4.69, 9.17) is 5.73 Å². The van der Waals surface area contributed by atoms with E-state index in [-0.39, 0.29) is 5.82 Å². The minimum Gasteiger partial charge on any atom is -0.384 e. The molecule has 1 aromatic carbocycles. The van der Waals surface area contributed by atoms with Gasteiger partial charge >= 0.3 is 0 Å². The van der Waals surface area contributed by atoms with Gasteiger partial charge in [0.2, 0.25) is 0 Å². The van der Waals surface area contributed by atoms with Crippen LogP contribution in [0.3, 0.4) is 0 Å². The number of halogens is 2. The highest BCUT2D eigenvalue weighted by molar-refractivity contribution is 9.10. The van der Waals surface area contributed by atoms with Crippen molar-refractivity contribution in [2.24, 2.45) is 0 Å². The second kappa shape index (κ2) is 4.44. The lowest BCUT2D eigenvalue weighted by Gasteiger charge is -2.07. The Bertz CT molecular complexity index is 518. The molecule has 1 aromatic heterocycles. The van der Waals surface area contributed by atoms with Gasteiger partial charge in [0, 0.05) is 10.5 Å². The lowest BCUT2D eigenvalue weighted by atomic mass is 10.3. The molecule has 0 spiro atoms. The molecule has 0 saturated carbocycles. The van der Waals surface area contributed by atoms with Crippen molar-refractivity contribution in [2.75, 3.05) is 11.1 Å². The van der Waals surface area contributed by atoms with Gasteiger partial charge in [0.05, 0.1) is 5.69 Å². The molecule has 16 heavy (non-hydrogen) atoms. The van der Waals surface area contributed by atoms with Crippen LogP contribution >= 0.6 is 15.9 Å². The molecule has 4 nitrogen and oxygen atoms in total. The summed E-state index contributed by atoms with van der Waals surface area (Å²) in [6.45, 7) is 0. The van der Waals surface area contributed by atoms with Gasteiger partial charge in [0.15, 0.2) is 0 Å². The average Bonchev–Trinajstić information content (AvgIpc) is 2.24. The Kier molecular flexibility index (Phi) is 3.00. The highest BCUT2D eigenvalue weighted by Crippen LogP contribution is 2.23. The summed E-state index contributed by atoms with van der Waals surface area (Å²) in [6, 6.07) is 6.12. The summed E-state index contributed by atoms with van der Waals surface area (Å²) in [5.74, 6) is 0.415. The number of nitrogens with one attached hydrogen (secondary N) is 1. The maximum atomic E-state index is 13.4. The zero-order valence-electron chi connectivity index (χ0n) is 8.11. The van der Waals surface area contributed by atoms with E-state index < -0.39 is 0 Å². The molecule has 0 radical (unpaired) electrons. The fourth-order valence-corrected chi connectivity index (χ4v) is 1.53. The zero-order chi connectivity index (χ0) is 11.5. The van der Waals surface area contributed by atoms with Crippen LogP contribution in [-0.2, 0) is 0 Å². The standard InChI is InChI=1S/C10H8BrFN4/c11-6-1-2-7(12)8(3-6)16-10-4-9(13)14-5-15-10/h1-5H,(H3,13,14,15,16). The van der Waals surface area contributed by atoms with Gasteiger partial charge in [-0.15, -0.1) is 0 Å². The first-order valence-electron chi connectivity index (χ1n) is 4.45. The van der Waals surface area contributed by atoms with Gasteiger partial charge < -0.3 is 11.1 Å². The molecule has 0 saturated heterocycles. The predicted molar refractivity (Wildman–Crippen MR) is 63.8 cm³/mol. The molecule has 6 heteroatoms. The number of aromatic nitrogens is 2. The van der Waals surface area contributed by atoms with Gasteiger partial charge in [-0.05, 0) is 18.2 Å². The molecule has 1 heterocycles. The number of anilines is 3. The van der Waals surface area contributed by atoms with Gasteiger partial charge in [-0.2, -0.15) is 0 Å². The first kappa shape index (κ1) is 10.8. The number of nitrogens with two attached hydrogens (primary N) is 1. The van der Waals surface area contributed by atoms with Crippen LogP contribution in [0, 0.1) is 5.82 Å². The monoisotopic (exact) mass is 282 g/mol. The van der Waals surface area contributed by atoms with E-state index in [1.54, 1.807) is 12.1 Å². The molecular weight excluding hydrogens is 275 g/mol. The average molecular weight is 283 g/mol. The Balaban J connectivity index is 2.30. The number of rotatable bonds is 2. The first-order chi connectivity index (χ1) is 7.65. The van der Waals surface area contributed by atoms with Crippen LogP contribution in [0.25, 0.3) is 0 Å². The van der Waals surface area contributed by atoms with Gasteiger partial charge in [-0.25, -0.2) is 14.4 Å². The number of hydrogen-bond donors (Lipinski definition) is 2. The molecule has 0 unspecified atom stereocenters. The van der Waals surface area contributed by atoms with Gasteiger partial charge in [0.1, 0.15) is 23.8 Å². The summed E-state index contributed by atoms with van der Waals surface area (Å²) in [7, 11) is 0. The minimum absolute atomic E-state index is 0.326. The van der Waals surface area contributed by atoms with Crippen molar-refractivity contribution < 1.29 is 4.39 Å². The van der Waals surface area contributed by atoms with E-state index in [2.05, 4.69) is 31.2 Å². The van der Waals surface area contributed by atoms with Crippen molar-refractivity contribution >= 4 is 33.3 Å². The highest BCUT2D eigenvalue weighted by atomic mass is 79.9. The summed E-state index contributed by atoms with van der Waals surface area (Å²) >= 11 is 3.26. The summed E-state index contributed by atoms with van der Waals surface area (Å²) in [6.07, 6.45) is 1.31. The lowest BCUT2D eigenvalue weighted by Crippen LogP contribution is -1.98. The van der Waals surface area contributed by atoms with Gasteiger partial charge in [0.25, 0.3) is 0 Å². The molecule has 0 aliphatic rings. The van der Waals surface area contributed by atoms with Crippen molar-refractivity contribution in [3.05, 3.63) is 40.9 Å². The number of nitrogen functional groups attached to an aromatic ring is 1. The molecule has 82 valence electrons. The smallest absolute Gasteiger partial charge is 0.146 e. The second-order valence-electron chi connectivity index (χ2n) is 3.08. The zero-order valence-corrected chi connectivity index (χ0v) is 9.70. The molecule has 2 rings (SSSR count). The molecule has 0 fully saturated rings. The summed E-state index contributed by atoms with van der Waals surface area (Å²) in [5, 5.41) is 2.82.